The van der Waals surface area contributed by atoms with Gasteiger partial charge in [-0.15, -0.1) is 0 Å². The van der Waals surface area contributed by atoms with Crippen molar-refractivity contribution in [1.29, 1.82) is 0 Å². The summed E-state index contributed by atoms with van der Waals surface area (Å²) in [6.45, 7) is 0.553. The number of para-hydroxylation sites is 2. The van der Waals surface area contributed by atoms with Crippen molar-refractivity contribution in [2.75, 3.05) is 16.8 Å². The van der Waals surface area contributed by atoms with E-state index in [1.807, 2.05) is 48.5 Å². The largest absolute Gasteiger partial charge is 0.316 e. The molecule has 0 fully saturated rings. The second-order valence-electron chi connectivity index (χ2n) is 6.02. The van der Waals surface area contributed by atoms with Gasteiger partial charge in [0.25, 0.3) is 0 Å². The van der Waals surface area contributed by atoms with Crippen LogP contribution in [-0.2, 0) is 16.0 Å². The lowest BCUT2D eigenvalue weighted by atomic mass is 10.0. The van der Waals surface area contributed by atoms with E-state index in [2.05, 4.69) is 10.3 Å². The van der Waals surface area contributed by atoms with Crippen molar-refractivity contribution in [3.8, 4) is 0 Å². The quantitative estimate of drug-likeness (QED) is 0.697. The van der Waals surface area contributed by atoms with Crippen molar-refractivity contribution < 1.29 is 9.59 Å². The van der Waals surface area contributed by atoms with E-state index in [0.717, 1.165) is 29.5 Å². The molecule has 0 radical (unpaired) electrons. The van der Waals surface area contributed by atoms with Crippen LogP contribution in [0, 0.1) is 0 Å². The Bertz CT molecular complexity index is 963. The highest BCUT2D eigenvalue weighted by atomic mass is 16.2. The van der Waals surface area contributed by atoms with Gasteiger partial charge in [0.1, 0.15) is 0 Å². The molecular formula is C20H17N3O2. The van der Waals surface area contributed by atoms with E-state index < -0.39 is 11.8 Å². The summed E-state index contributed by atoms with van der Waals surface area (Å²) in [5.41, 5.74) is 3.14. The number of benzene rings is 2. The van der Waals surface area contributed by atoms with Crippen LogP contribution in [0.4, 0.5) is 11.4 Å². The van der Waals surface area contributed by atoms with Crippen molar-refractivity contribution in [3.05, 3.63) is 66.4 Å². The lowest BCUT2D eigenvalue weighted by molar-refractivity contribution is -0.134. The average molecular weight is 331 g/mol. The Hall–Kier alpha value is -3.21. The minimum atomic E-state index is -0.644. The molecular weight excluding hydrogens is 314 g/mol. The zero-order valence-corrected chi connectivity index (χ0v) is 13.6. The smallest absolute Gasteiger partial charge is 0.316 e. The van der Waals surface area contributed by atoms with E-state index in [0.29, 0.717) is 17.7 Å². The number of aryl methyl sites for hydroxylation is 1. The summed E-state index contributed by atoms with van der Waals surface area (Å²) in [6.07, 6.45) is 3.45. The molecule has 0 aliphatic carbocycles. The van der Waals surface area contributed by atoms with Crippen LogP contribution in [0.5, 0.6) is 0 Å². The zero-order chi connectivity index (χ0) is 17.2. The summed E-state index contributed by atoms with van der Waals surface area (Å²) in [6, 6.07) is 17.0. The molecule has 1 aromatic heterocycles. The maximum absolute atomic E-state index is 12.7. The molecule has 1 aliphatic rings. The Kier molecular flexibility index (Phi) is 3.90. The molecule has 5 heteroatoms. The monoisotopic (exact) mass is 331 g/mol. The number of hydrogen-bond donors (Lipinski definition) is 1. The van der Waals surface area contributed by atoms with E-state index in [1.165, 1.54) is 0 Å². The van der Waals surface area contributed by atoms with Gasteiger partial charge in [0.15, 0.2) is 0 Å². The average Bonchev–Trinajstić information content (AvgIpc) is 2.67. The molecule has 2 aromatic carbocycles. The fraction of sp³-hybridized carbons (Fsp3) is 0.150. The van der Waals surface area contributed by atoms with Crippen LogP contribution in [-0.4, -0.2) is 23.3 Å². The Morgan fingerprint density at radius 3 is 2.76 bits per heavy atom. The van der Waals surface area contributed by atoms with E-state index in [9.17, 15) is 9.59 Å². The van der Waals surface area contributed by atoms with E-state index >= 15 is 0 Å². The number of nitrogens with zero attached hydrogens (tertiary/aromatic N) is 2. The SMILES string of the molecule is O=C(Nc1cccc2cccnc12)C(=O)N1CCCc2ccccc21. The summed E-state index contributed by atoms with van der Waals surface area (Å²) in [5, 5.41) is 3.63. The zero-order valence-electron chi connectivity index (χ0n) is 13.6. The summed E-state index contributed by atoms with van der Waals surface area (Å²) < 4.78 is 0. The third-order valence-electron chi connectivity index (χ3n) is 4.43. The van der Waals surface area contributed by atoms with Gasteiger partial charge in [-0.1, -0.05) is 36.4 Å². The Labute approximate surface area is 145 Å². The number of amides is 2. The third kappa shape index (κ3) is 2.85. The first-order chi connectivity index (χ1) is 12.2. The van der Waals surface area contributed by atoms with Crippen molar-refractivity contribution in [2.45, 2.75) is 12.8 Å². The summed E-state index contributed by atoms with van der Waals surface area (Å²) in [4.78, 5) is 31.1. The first-order valence-corrected chi connectivity index (χ1v) is 8.28. The molecule has 0 saturated heterocycles. The van der Waals surface area contributed by atoms with Gasteiger partial charge in [-0.25, -0.2) is 0 Å². The molecule has 2 heterocycles. The maximum Gasteiger partial charge on any atom is 0.316 e. The maximum atomic E-state index is 12.7. The van der Waals surface area contributed by atoms with Gasteiger partial charge in [-0.2, -0.15) is 0 Å². The van der Waals surface area contributed by atoms with Crippen molar-refractivity contribution in [3.63, 3.8) is 0 Å². The van der Waals surface area contributed by atoms with Crippen LogP contribution < -0.4 is 10.2 Å². The number of nitrogens with one attached hydrogen (secondary N) is 1. The molecule has 4 rings (SSSR count). The van der Waals surface area contributed by atoms with Gasteiger partial charge in [-0.3, -0.25) is 14.6 Å². The molecule has 0 bridgehead atoms. The van der Waals surface area contributed by atoms with Crippen molar-refractivity contribution in [2.24, 2.45) is 0 Å². The highest BCUT2D eigenvalue weighted by Gasteiger charge is 2.27. The minimum absolute atomic E-state index is 0.542. The first-order valence-electron chi connectivity index (χ1n) is 8.28. The molecule has 0 atom stereocenters. The topological polar surface area (TPSA) is 62.3 Å². The number of rotatable bonds is 1. The predicted molar refractivity (Wildman–Crippen MR) is 97.5 cm³/mol. The number of aromatic nitrogens is 1. The van der Waals surface area contributed by atoms with Gasteiger partial charge in [0.05, 0.1) is 11.2 Å². The number of carbonyl (C=O) groups excluding carboxylic acids is 2. The van der Waals surface area contributed by atoms with Gasteiger partial charge in [0.2, 0.25) is 0 Å². The van der Waals surface area contributed by atoms with Gasteiger partial charge >= 0.3 is 11.8 Å². The van der Waals surface area contributed by atoms with E-state index in [-0.39, 0.29) is 0 Å². The fourth-order valence-electron chi connectivity index (χ4n) is 3.25. The standard InChI is InChI=1S/C20H17N3O2/c24-19(22-16-10-3-7-15-8-4-12-21-18(15)16)20(25)23-13-5-9-14-6-1-2-11-17(14)23/h1-4,6-8,10-12H,5,9,13H2,(H,22,24). The van der Waals surface area contributed by atoms with Crippen LogP contribution in [0.1, 0.15) is 12.0 Å². The highest BCUT2D eigenvalue weighted by molar-refractivity contribution is 6.44. The molecule has 0 spiro atoms. The molecule has 0 unspecified atom stereocenters. The first kappa shape index (κ1) is 15.3. The molecule has 1 aliphatic heterocycles. The van der Waals surface area contributed by atoms with Crippen LogP contribution in [0.2, 0.25) is 0 Å². The second kappa shape index (κ2) is 6.36. The molecule has 3 aromatic rings. The highest BCUT2D eigenvalue weighted by Crippen LogP contribution is 2.27. The van der Waals surface area contributed by atoms with E-state index in [1.54, 1.807) is 17.2 Å². The lowest BCUT2D eigenvalue weighted by Gasteiger charge is -2.28. The third-order valence-corrected chi connectivity index (χ3v) is 4.43. The molecule has 124 valence electrons. The van der Waals surface area contributed by atoms with Crippen molar-refractivity contribution in [1.82, 2.24) is 4.98 Å². The molecule has 1 N–H and O–H groups in total. The van der Waals surface area contributed by atoms with Crippen molar-refractivity contribution >= 4 is 34.1 Å². The Balaban J connectivity index is 1.60. The van der Waals surface area contributed by atoms with E-state index in [4.69, 9.17) is 0 Å². The predicted octanol–water partition coefficient (Wildman–Crippen LogP) is 3.15. The molecule has 0 saturated carbocycles. The van der Waals surface area contributed by atoms with Gasteiger partial charge in [0, 0.05) is 23.8 Å². The summed E-state index contributed by atoms with van der Waals surface area (Å²) in [7, 11) is 0. The Morgan fingerprint density at radius 1 is 1.00 bits per heavy atom. The number of carbonyl (C=O) groups is 2. The minimum Gasteiger partial charge on any atom is -0.316 e. The number of pyridine rings is 1. The lowest BCUT2D eigenvalue weighted by Crippen LogP contribution is -2.42. The van der Waals surface area contributed by atoms with Crippen LogP contribution in [0.15, 0.2) is 60.8 Å². The van der Waals surface area contributed by atoms with Gasteiger partial charge < -0.3 is 10.2 Å². The number of fused-ring (bicyclic) bond motifs is 2. The number of anilines is 2. The number of hydrogen-bond acceptors (Lipinski definition) is 3. The summed E-state index contributed by atoms with van der Waals surface area (Å²) in [5.74, 6) is -1.19. The van der Waals surface area contributed by atoms with Crippen LogP contribution in [0.25, 0.3) is 10.9 Å². The normalized spacial score (nSPS) is 13.4. The fourth-order valence-corrected chi connectivity index (χ4v) is 3.25. The molecule has 5 nitrogen and oxygen atoms in total. The van der Waals surface area contributed by atoms with Crippen LogP contribution >= 0.6 is 0 Å². The molecule has 2 amide bonds. The second-order valence-corrected chi connectivity index (χ2v) is 6.02. The van der Waals surface area contributed by atoms with Crippen LogP contribution in [0.3, 0.4) is 0 Å². The molecule has 25 heavy (non-hydrogen) atoms. The van der Waals surface area contributed by atoms with Gasteiger partial charge in [-0.05, 0) is 36.6 Å². The Morgan fingerprint density at radius 2 is 1.84 bits per heavy atom. The summed E-state index contributed by atoms with van der Waals surface area (Å²) >= 11 is 0.